The van der Waals surface area contributed by atoms with Crippen molar-refractivity contribution in [2.75, 3.05) is 0 Å². The Bertz CT molecular complexity index is 3280. The van der Waals surface area contributed by atoms with Crippen LogP contribution in [0, 0.1) is 0 Å². The highest BCUT2D eigenvalue weighted by Crippen LogP contribution is 2.42. The fourth-order valence-electron chi connectivity index (χ4n) is 10.00. The van der Waals surface area contributed by atoms with E-state index in [1.165, 1.54) is 99.1 Å². The van der Waals surface area contributed by atoms with Gasteiger partial charge < -0.3 is 9.13 Å². The number of fused-ring (bicyclic) bond motifs is 12. The first kappa shape index (κ1) is 31.5. The maximum atomic E-state index is 2.45. The van der Waals surface area contributed by atoms with E-state index in [4.69, 9.17) is 0 Å². The average Bonchev–Trinajstić information content (AvgIpc) is 3.79. The van der Waals surface area contributed by atoms with E-state index in [1.54, 1.807) is 5.56 Å². The molecule has 1 unspecified atom stereocenters. The van der Waals surface area contributed by atoms with Crippen molar-refractivity contribution in [2.45, 2.75) is 25.2 Å². The molecule has 0 saturated carbocycles. The van der Waals surface area contributed by atoms with Crippen molar-refractivity contribution in [3.8, 4) is 22.5 Å². The second kappa shape index (κ2) is 12.3. The third-order valence-corrected chi connectivity index (χ3v) is 12.5. The molecule has 0 fully saturated rings. The lowest BCUT2D eigenvalue weighted by Crippen LogP contribution is -2.12. The second-order valence-electron chi connectivity index (χ2n) is 15.5. The van der Waals surface area contributed by atoms with Crippen LogP contribution in [0.25, 0.3) is 89.0 Å². The van der Waals surface area contributed by atoms with Crippen LogP contribution in [0.2, 0.25) is 0 Å². The Morgan fingerprint density at radius 1 is 0.411 bits per heavy atom. The zero-order valence-electron chi connectivity index (χ0n) is 31.0. The molecule has 2 aliphatic rings. The third-order valence-electron chi connectivity index (χ3n) is 12.5. The number of hydrogen-bond acceptors (Lipinski definition) is 0. The molecule has 264 valence electrons. The van der Waals surface area contributed by atoms with Crippen molar-refractivity contribution in [1.82, 2.24) is 9.13 Å². The Hall–Kier alpha value is -6.90. The molecule has 1 atom stereocenters. The number of allylic oxidation sites excluding steroid dienone is 2. The van der Waals surface area contributed by atoms with Gasteiger partial charge in [-0.3, -0.25) is 0 Å². The van der Waals surface area contributed by atoms with Crippen molar-refractivity contribution >= 4 is 66.5 Å². The number of rotatable bonds is 4. The number of benzene rings is 8. The molecule has 2 heterocycles. The van der Waals surface area contributed by atoms with Crippen molar-refractivity contribution in [3.05, 3.63) is 204 Å². The molecule has 2 aromatic heterocycles. The van der Waals surface area contributed by atoms with Crippen LogP contribution in [0.3, 0.4) is 0 Å². The van der Waals surface area contributed by atoms with Gasteiger partial charge in [-0.25, -0.2) is 0 Å². The maximum Gasteiger partial charge on any atom is 0.0542 e. The van der Waals surface area contributed by atoms with E-state index in [0.717, 1.165) is 19.3 Å². The molecule has 0 spiro atoms. The number of para-hydroxylation sites is 3. The quantitative estimate of drug-likeness (QED) is 0.172. The molecule has 0 aliphatic heterocycles. The summed E-state index contributed by atoms with van der Waals surface area (Å²) in [7, 11) is 0. The fourth-order valence-corrected chi connectivity index (χ4v) is 10.00. The largest absolute Gasteiger partial charge is 0.309 e. The lowest BCUT2D eigenvalue weighted by Gasteiger charge is -2.27. The predicted molar refractivity (Wildman–Crippen MR) is 237 cm³/mol. The van der Waals surface area contributed by atoms with Gasteiger partial charge >= 0.3 is 0 Å². The molecule has 2 aliphatic carbocycles. The topological polar surface area (TPSA) is 9.86 Å². The molecule has 8 aromatic carbocycles. The Kier molecular flexibility index (Phi) is 6.91. The number of hydrogen-bond donors (Lipinski definition) is 0. The minimum absolute atomic E-state index is 0.340. The normalized spacial score (nSPS) is 15.0. The van der Waals surface area contributed by atoms with Gasteiger partial charge in [-0.2, -0.15) is 0 Å². The second-order valence-corrected chi connectivity index (χ2v) is 15.5. The molecule has 0 bridgehead atoms. The summed E-state index contributed by atoms with van der Waals surface area (Å²) in [5.74, 6) is 0.340. The molecule has 56 heavy (non-hydrogen) atoms. The first-order chi connectivity index (χ1) is 27.8. The van der Waals surface area contributed by atoms with E-state index in [9.17, 15) is 0 Å². The molecular weight excluding hydrogens is 677 g/mol. The predicted octanol–water partition coefficient (Wildman–Crippen LogP) is 14.0. The van der Waals surface area contributed by atoms with Crippen LogP contribution in [0.5, 0.6) is 0 Å². The van der Waals surface area contributed by atoms with Gasteiger partial charge in [0.25, 0.3) is 0 Å². The summed E-state index contributed by atoms with van der Waals surface area (Å²) < 4.78 is 4.83. The van der Waals surface area contributed by atoms with Gasteiger partial charge in [-0.05, 0) is 124 Å². The van der Waals surface area contributed by atoms with Crippen LogP contribution < -0.4 is 0 Å². The molecule has 10 aromatic rings. The van der Waals surface area contributed by atoms with Crippen LogP contribution in [-0.2, 0) is 12.8 Å². The van der Waals surface area contributed by atoms with Crippen LogP contribution in [0.15, 0.2) is 176 Å². The molecule has 12 rings (SSSR count). The Labute approximate surface area is 325 Å². The summed E-state index contributed by atoms with van der Waals surface area (Å²) in [6, 6.07) is 60.6. The van der Waals surface area contributed by atoms with Crippen molar-refractivity contribution in [3.63, 3.8) is 0 Å². The summed E-state index contributed by atoms with van der Waals surface area (Å²) in [6.07, 6.45) is 12.9. The molecule has 0 radical (unpaired) electrons. The van der Waals surface area contributed by atoms with Crippen LogP contribution in [0.1, 0.15) is 40.2 Å². The molecule has 0 N–H and O–H groups in total. The van der Waals surface area contributed by atoms with E-state index in [1.807, 2.05) is 0 Å². The van der Waals surface area contributed by atoms with Gasteiger partial charge in [0.15, 0.2) is 0 Å². The maximum absolute atomic E-state index is 2.45. The summed E-state index contributed by atoms with van der Waals surface area (Å²) in [6.45, 7) is 0. The smallest absolute Gasteiger partial charge is 0.0542 e. The lowest BCUT2D eigenvalue weighted by atomic mass is 9.77. The molecule has 2 heteroatoms. The molecule has 0 amide bonds. The minimum atomic E-state index is 0.340. The number of nitrogens with zero attached hydrogens (tertiary/aromatic N) is 2. The van der Waals surface area contributed by atoms with Crippen molar-refractivity contribution < 1.29 is 0 Å². The standard InChI is InChI=1S/C54H38N2/c1-2-15-39(16-3-1)55-51-23-10-9-22-47(51)50-34-40(27-30-54(50)55)56-52-24-11-8-21-46(52)49-33-38(26-29-53(49)56)36-14-12-13-35(31-36)37-25-28-45-43-19-5-4-17-41(43)42-18-6-7-20-44(42)48(45)32-37/h1-6,8-19,21-31,33-34,37H,7,20,32H2. The first-order valence-corrected chi connectivity index (χ1v) is 19.9. The van der Waals surface area contributed by atoms with Gasteiger partial charge in [0.1, 0.15) is 0 Å². The van der Waals surface area contributed by atoms with Gasteiger partial charge in [-0.15, -0.1) is 0 Å². The van der Waals surface area contributed by atoms with Crippen molar-refractivity contribution in [2.24, 2.45) is 0 Å². The number of aromatic nitrogens is 2. The molecule has 2 nitrogen and oxygen atoms in total. The summed E-state index contributed by atoms with van der Waals surface area (Å²) in [5, 5.41) is 7.82. The fraction of sp³-hybridized carbons (Fsp3) is 0.0741. The zero-order valence-corrected chi connectivity index (χ0v) is 31.0. The van der Waals surface area contributed by atoms with E-state index in [0.29, 0.717) is 5.92 Å². The van der Waals surface area contributed by atoms with Gasteiger partial charge in [0.2, 0.25) is 0 Å². The zero-order chi connectivity index (χ0) is 36.7. The first-order valence-electron chi connectivity index (χ1n) is 19.9. The highest BCUT2D eigenvalue weighted by Gasteiger charge is 2.24. The molecule has 0 saturated heterocycles. The Morgan fingerprint density at radius 3 is 1.79 bits per heavy atom. The van der Waals surface area contributed by atoms with Crippen LogP contribution in [-0.4, -0.2) is 9.13 Å². The van der Waals surface area contributed by atoms with Crippen LogP contribution >= 0.6 is 0 Å². The van der Waals surface area contributed by atoms with E-state index in [2.05, 4.69) is 197 Å². The molecular formula is C54H38N2. The summed E-state index contributed by atoms with van der Waals surface area (Å²) in [4.78, 5) is 0. The highest BCUT2D eigenvalue weighted by atomic mass is 15.0. The van der Waals surface area contributed by atoms with Gasteiger partial charge in [-0.1, -0.05) is 133 Å². The van der Waals surface area contributed by atoms with Crippen LogP contribution in [0.4, 0.5) is 0 Å². The van der Waals surface area contributed by atoms with Gasteiger partial charge in [0.05, 0.1) is 22.1 Å². The van der Waals surface area contributed by atoms with Crippen molar-refractivity contribution in [1.29, 1.82) is 0 Å². The lowest BCUT2D eigenvalue weighted by molar-refractivity contribution is 0.808. The summed E-state index contributed by atoms with van der Waals surface area (Å²) in [5.41, 5.74) is 17.0. The van der Waals surface area contributed by atoms with E-state index >= 15 is 0 Å². The van der Waals surface area contributed by atoms with Gasteiger partial charge in [0, 0.05) is 38.8 Å². The summed E-state index contributed by atoms with van der Waals surface area (Å²) >= 11 is 0. The third kappa shape index (κ3) is 4.69. The SMILES string of the molecule is C1=Cc2c(c3c(c4ccccc24)C=CC(c2cccc(-c4ccc5c(c4)c4ccccc4n5-c4ccc5c(c4)c4ccccc4n5-c4ccccc4)c2)C3)CC1. The Morgan fingerprint density at radius 2 is 1.02 bits per heavy atom. The average molecular weight is 715 g/mol. The monoisotopic (exact) mass is 714 g/mol. The highest BCUT2D eigenvalue weighted by molar-refractivity contribution is 6.13. The Balaban J connectivity index is 0.957. The van der Waals surface area contributed by atoms with E-state index in [-0.39, 0.29) is 0 Å². The minimum Gasteiger partial charge on any atom is -0.309 e. The van der Waals surface area contributed by atoms with E-state index < -0.39 is 0 Å².